The van der Waals surface area contributed by atoms with E-state index in [1.165, 1.54) is 0 Å². The van der Waals surface area contributed by atoms with Crippen molar-refractivity contribution in [2.24, 2.45) is 15.4 Å². The fourth-order valence-electron chi connectivity index (χ4n) is 1.96. The number of nitrogens with one attached hydrogen (secondary N) is 1. The number of hydrogen-bond donors (Lipinski definition) is 2. The van der Waals surface area contributed by atoms with Gasteiger partial charge in [0.05, 0.1) is 4.88 Å². The van der Waals surface area contributed by atoms with Crippen LogP contribution in [0.3, 0.4) is 0 Å². The minimum atomic E-state index is -3.71. The van der Waals surface area contributed by atoms with Crippen molar-refractivity contribution >= 4 is 33.3 Å². The van der Waals surface area contributed by atoms with Crippen molar-refractivity contribution in [3.63, 3.8) is 0 Å². The number of hydrogen-bond acceptors (Lipinski definition) is 5. The average Bonchev–Trinajstić information content (AvgIpc) is 3.00. The van der Waals surface area contributed by atoms with Crippen LogP contribution in [0.4, 0.5) is 13.6 Å². The fraction of sp³-hybridized carbons (Fsp3) is 0.625. The molecule has 0 radical (unpaired) electrons. The Hall–Kier alpha value is -1.59. The number of alkyl carbamates (subject to hydrolysis) is 1. The number of nitrogens with two attached hydrogens (primary N) is 1. The number of carbonyl (C=O) groups is 2. The summed E-state index contributed by atoms with van der Waals surface area (Å²) in [5, 5.41) is 8.05. The first-order valence-corrected chi connectivity index (χ1v) is 10.6. The van der Waals surface area contributed by atoms with E-state index in [1.54, 1.807) is 34.6 Å². The molecular formula is C16H25F2N3O4S2. The summed E-state index contributed by atoms with van der Waals surface area (Å²) in [6, 6.07) is 1.14. The third kappa shape index (κ3) is 7.15. The molecule has 1 unspecified atom stereocenters. The largest absolute Gasteiger partial charge is 0.444 e. The summed E-state index contributed by atoms with van der Waals surface area (Å²) < 4.78 is 46.5. The van der Waals surface area contributed by atoms with Crippen molar-refractivity contribution < 1.29 is 27.3 Å². The lowest BCUT2D eigenvalue weighted by Crippen LogP contribution is -2.46. The number of carbonyl (C=O) groups excluding carboxylic acids is 2. The molecule has 3 N–H and O–H groups in total. The second-order valence-corrected chi connectivity index (χ2v) is 10.1. The Labute approximate surface area is 162 Å². The molecule has 0 fully saturated rings. The predicted octanol–water partition coefficient (Wildman–Crippen LogP) is 3.85. The number of alkyl halides is 2. The second kappa shape index (κ2) is 9.07. The van der Waals surface area contributed by atoms with Crippen molar-refractivity contribution in [1.82, 2.24) is 5.32 Å². The predicted molar refractivity (Wildman–Crippen MR) is 99.9 cm³/mol. The zero-order valence-electron chi connectivity index (χ0n) is 15.8. The SMILES string of the molecule is CC[C@H](C)[C@H](NC(=O)OC(C)(C)C)C(=O)N=S(N)(=O)c1ccc(C(F)F)s1. The number of thiophene rings is 1. The van der Waals surface area contributed by atoms with Gasteiger partial charge in [-0.3, -0.25) is 4.79 Å². The maximum absolute atomic E-state index is 12.7. The molecular weight excluding hydrogens is 400 g/mol. The lowest BCUT2D eigenvalue weighted by molar-refractivity contribution is -0.120. The van der Waals surface area contributed by atoms with Crippen molar-refractivity contribution in [3.05, 3.63) is 17.0 Å². The number of amides is 2. The van der Waals surface area contributed by atoms with Gasteiger partial charge in [-0.15, -0.1) is 15.7 Å². The van der Waals surface area contributed by atoms with Gasteiger partial charge < -0.3 is 10.1 Å². The molecule has 154 valence electrons. The molecule has 0 aromatic carbocycles. The molecule has 7 nitrogen and oxygen atoms in total. The maximum Gasteiger partial charge on any atom is 0.408 e. The minimum Gasteiger partial charge on any atom is -0.444 e. The molecule has 11 heteroatoms. The Bertz CT molecular complexity index is 796. The summed E-state index contributed by atoms with van der Waals surface area (Å²) in [5.41, 5.74) is -0.770. The number of ether oxygens (including phenoxy) is 1. The summed E-state index contributed by atoms with van der Waals surface area (Å²) >= 11 is 0.529. The molecule has 0 aliphatic rings. The van der Waals surface area contributed by atoms with Crippen LogP contribution in [0.25, 0.3) is 0 Å². The van der Waals surface area contributed by atoms with Gasteiger partial charge in [-0.2, -0.15) is 0 Å². The van der Waals surface area contributed by atoms with Crippen molar-refractivity contribution in [3.8, 4) is 0 Å². The van der Waals surface area contributed by atoms with Crippen LogP contribution in [0.2, 0.25) is 0 Å². The van der Waals surface area contributed by atoms with Crippen molar-refractivity contribution in [2.75, 3.05) is 0 Å². The summed E-state index contributed by atoms with van der Waals surface area (Å²) in [5.74, 6) is -1.25. The highest BCUT2D eigenvalue weighted by Crippen LogP contribution is 2.29. The molecule has 2 amide bonds. The van der Waals surface area contributed by atoms with Crippen LogP contribution in [0, 0.1) is 5.92 Å². The van der Waals surface area contributed by atoms with Gasteiger partial charge >= 0.3 is 6.09 Å². The third-order valence-corrected chi connectivity index (χ3v) is 6.50. The first-order valence-electron chi connectivity index (χ1n) is 8.23. The highest BCUT2D eigenvalue weighted by atomic mass is 32.2. The number of nitrogens with zero attached hydrogens (tertiary/aromatic N) is 1. The number of rotatable bonds is 6. The Morgan fingerprint density at radius 3 is 2.41 bits per heavy atom. The quantitative estimate of drug-likeness (QED) is 0.721. The van der Waals surface area contributed by atoms with Gasteiger partial charge in [0.2, 0.25) is 0 Å². The maximum atomic E-state index is 12.7. The Morgan fingerprint density at radius 1 is 1.37 bits per heavy atom. The molecule has 1 heterocycles. The molecule has 1 rings (SSSR count). The van der Waals surface area contributed by atoms with Gasteiger partial charge in [-0.05, 0) is 38.8 Å². The monoisotopic (exact) mass is 425 g/mol. The van der Waals surface area contributed by atoms with E-state index >= 15 is 0 Å². The van der Waals surface area contributed by atoms with E-state index in [4.69, 9.17) is 9.88 Å². The Balaban J connectivity index is 3.11. The topological polar surface area (TPSA) is 111 Å². The third-order valence-electron chi connectivity index (χ3n) is 3.48. The zero-order valence-corrected chi connectivity index (χ0v) is 17.5. The van der Waals surface area contributed by atoms with Crippen LogP contribution < -0.4 is 10.5 Å². The first kappa shape index (κ1) is 23.4. The van der Waals surface area contributed by atoms with Gasteiger partial charge in [-0.1, -0.05) is 20.3 Å². The molecule has 0 aliphatic carbocycles. The summed E-state index contributed by atoms with van der Waals surface area (Å²) in [4.78, 5) is 24.2. The molecule has 1 aromatic heterocycles. The van der Waals surface area contributed by atoms with Crippen molar-refractivity contribution in [1.29, 1.82) is 0 Å². The summed E-state index contributed by atoms with van der Waals surface area (Å²) in [6.45, 7) is 8.51. The standard InChI is InChI=1S/C16H25F2N3O4S2/c1-6-9(2)12(20-15(23)25-16(3,4)5)14(22)21-27(19,24)11-8-7-10(26-11)13(17)18/h7-9,12-13H,6H2,1-5H3,(H,20,23)(H2,19,21,22,24)/t9-,12-,27?/m0/s1. The van der Waals surface area contributed by atoms with Crippen LogP contribution in [0.5, 0.6) is 0 Å². The summed E-state index contributed by atoms with van der Waals surface area (Å²) in [7, 11) is -3.71. The molecule has 3 atom stereocenters. The van der Waals surface area contributed by atoms with Crippen LogP contribution in [0.15, 0.2) is 20.7 Å². The van der Waals surface area contributed by atoms with Gasteiger partial charge in [0.25, 0.3) is 12.3 Å². The lowest BCUT2D eigenvalue weighted by atomic mass is 9.99. The fourth-order valence-corrected chi connectivity index (χ4v) is 4.17. The molecule has 27 heavy (non-hydrogen) atoms. The van der Waals surface area contributed by atoms with Crippen LogP contribution in [0.1, 0.15) is 52.3 Å². The van der Waals surface area contributed by atoms with Crippen LogP contribution in [-0.2, 0) is 19.4 Å². The van der Waals surface area contributed by atoms with Crippen molar-refractivity contribution in [2.45, 2.75) is 63.3 Å². The highest BCUT2D eigenvalue weighted by molar-refractivity contribution is 7.93. The van der Waals surface area contributed by atoms with E-state index in [2.05, 4.69) is 9.68 Å². The number of halogens is 2. The molecule has 1 aromatic rings. The van der Waals surface area contributed by atoms with Crippen LogP contribution in [-0.4, -0.2) is 27.9 Å². The average molecular weight is 426 g/mol. The zero-order chi connectivity index (χ0) is 21.0. The Morgan fingerprint density at radius 2 is 1.96 bits per heavy atom. The molecule has 0 bridgehead atoms. The van der Waals surface area contributed by atoms with E-state index in [0.717, 1.165) is 12.1 Å². The molecule has 0 saturated heterocycles. The summed E-state index contributed by atoms with van der Waals surface area (Å²) in [6.07, 6.45) is -3.05. The Kier molecular flexibility index (Phi) is 7.87. The smallest absolute Gasteiger partial charge is 0.408 e. The highest BCUT2D eigenvalue weighted by Gasteiger charge is 2.29. The molecule has 0 aliphatic heterocycles. The van der Waals surface area contributed by atoms with Gasteiger partial charge in [0, 0.05) is 0 Å². The first-order chi connectivity index (χ1) is 12.3. The van der Waals surface area contributed by atoms with Gasteiger partial charge in [0.1, 0.15) is 15.9 Å². The minimum absolute atomic E-state index is 0.133. The van der Waals surface area contributed by atoms with Crippen LogP contribution >= 0.6 is 11.3 Å². The molecule has 0 spiro atoms. The van der Waals surface area contributed by atoms with E-state index in [9.17, 15) is 22.6 Å². The van der Waals surface area contributed by atoms with E-state index in [-0.39, 0.29) is 15.0 Å². The second-order valence-electron chi connectivity index (χ2n) is 6.97. The lowest BCUT2D eigenvalue weighted by Gasteiger charge is -2.25. The van der Waals surface area contributed by atoms with E-state index in [0.29, 0.717) is 17.8 Å². The van der Waals surface area contributed by atoms with E-state index in [1.807, 2.05) is 0 Å². The normalized spacial score (nSPS) is 16.3. The molecule has 0 saturated carbocycles. The van der Waals surface area contributed by atoms with Gasteiger partial charge in [-0.25, -0.2) is 22.9 Å². The van der Waals surface area contributed by atoms with E-state index < -0.39 is 40.0 Å². The van der Waals surface area contributed by atoms with Gasteiger partial charge in [0.15, 0.2) is 9.92 Å².